The molecule has 0 bridgehead atoms. The number of hydrogen-bond donors (Lipinski definition) is 0. The van der Waals surface area contributed by atoms with E-state index in [1.54, 1.807) is 4.90 Å². The Morgan fingerprint density at radius 2 is 1.45 bits per heavy atom. The van der Waals surface area contributed by atoms with Gasteiger partial charge in [-0.15, -0.1) is 0 Å². The zero-order valence-corrected chi connectivity index (χ0v) is 21.9. The number of nitrogens with zero attached hydrogens (tertiary/aromatic N) is 1. The molecule has 4 heteroatoms. The zero-order chi connectivity index (χ0) is 23.9. The zero-order valence-electron chi connectivity index (χ0n) is 21.9. The first kappa shape index (κ1) is 27.5. The van der Waals surface area contributed by atoms with E-state index in [0.29, 0.717) is 6.61 Å². The van der Waals surface area contributed by atoms with E-state index in [0.717, 1.165) is 38.5 Å². The van der Waals surface area contributed by atoms with Crippen molar-refractivity contribution in [3.05, 3.63) is 34.9 Å². The van der Waals surface area contributed by atoms with Crippen LogP contribution in [-0.2, 0) is 9.47 Å². The summed E-state index contributed by atoms with van der Waals surface area (Å²) in [6.45, 7) is 20.9. The van der Waals surface area contributed by atoms with Crippen LogP contribution in [0.1, 0.15) is 108 Å². The van der Waals surface area contributed by atoms with E-state index in [9.17, 15) is 4.79 Å². The molecule has 1 aliphatic heterocycles. The second-order valence-electron chi connectivity index (χ2n) is 11.0. The summed E-state index contributed by atoms with van der Waals surface area (Å²) in [5.74, 6) is 0. The molecule has 0 aromatic heterocycles. The van der Waals surface area contributed by atoms with Gasteiger partial charge in [-0.1, -0.05) is 34.9 Å². The molecule has 4 nitrogen and oxygen atoms in total. The highest BCUT2D eigenvalue weighted by Gasteiger charge is 2.52. The van der Waals surface area contributed by atoms with E-state index < -0.39 is 11.3 Å². The van der Waals surface area contributed by atoms with Crippen molar-refractivity contribution >= 4 is 6.09 Å². The van der Waals surface area contributed by atoms with E-state index >= 15 is 0 Å². The molecule has 1 fully saturated rings. The summed E-state index contributed by atoms with van der Waals surface area (Å²) in [7, 11) is 0. The van der Waals surface area contributed by atoms with Gasteiger partial charge in [0.25, 0.3) is 0 Å². The molecule has 0 aromatic rings. The molecule has 1 amide bonds. The number of rotatable bonds is 9. The monoisotopic (exact) mass is 433 g/mol. The number of amides is 1. The molecule has 1 heterocycles. The minimum Gasteiger partial charge on any atom is -0.444 e. The van der Waals surface area contributed by atoms with Gasteiger partial charge in [-0.05, 0) is 108 Å². The third kappa shape index (κ3) is 9.64. The highest BCUT2D eigenvalue weighted by atomic mass is 16.6. The maximum absolute atomic E-state index is 12.9. The SMILES string of the molecule is CC(C)=CCC/C(C)=C/CC/C(C)=C/CC[C@@]1(C)COC(C)(C)N1C(=O)OC(C)(C)C. The third-order valence-corrected chi connectivity index (χ3v) is 5.69. The minimum absolute atomic E-state index is 0.299. The molecule has 178 valence electrons. The quantitative estimate of drug-likeness (QED) is 0.346. The van der Waals surface area contributed by atoms with Crippen LogP contribution in [0.15, 0.2) is 34.9 Å². The number of allylic oxidation sites excluding steroid dienone is 6. The summed E-state index contributed by atoms with van der Waals surface area (Å²) in [6, 6.07) is 0. The fourth-order valence-corrected chi connectivity index (χ4v) is 4.01. The van der Waals surface area contributed by atoms with Crippen molar-refractivity contribution in [3.63, 3.8) is 0 Å². The van der Waals surface area contributed by atoms with Crippen LogP contribution in [-0.4, -0.2) is 34.5 Å². The second-order valence-corrected chi connectivity index (χ2v) is 11.0. The lowest BCUT2D eigenvalue weighted by Gasteiger charge is -2.40. The van der Waals surface area contributed by atoms with Gasteiger partial charge in [0, 0.05) is 0 Å². The molecule has 1 atom stereocenters. The summed E-state index contributed by atoms with van der Waals surface area (Å²) in [5.41, 5.74) is 2.70. The van der Waals surface area contributed by atoms with Crippen molar-refractivity contribution in [1.29, 1.82) is 0 Å². The van der Waals surface area contributed by atoms with Gasteiger partial charge in [0.05, 0.1) is 12.1 Å². The fourth-order valence-electron chi connectivity index (χ4n) is 4.01. The number of ether oxygens (including phenoxy) is 2. The van der Waals surface area contributed by atoms with Gasteiger partial charge in [0.1, 0.15) is 11.3 Å². The minimum atomic E-state index is -0.663. The first-order chi connectivity index (χ1) is 14.2. The molecule has 0 unspecified atom stereocenters. The molecule has 0 aromatic carbocycles. The first-order valence-electron chi connectivity index (χ1n) is 11.8. The molecule has 0 spiro atoms. The summed E-state index contributed by atoms with van der Waals surface area (Å²) in [5, 5.41) is 0. The van der Waals surface area contributed by atoms with Crippen molar-refractivity contribution in [3.8, 4) is 0 Å². The van der Waals surface area contributed by atoms with Gasteiger partial charge in [-0.2, -0.15) is 0 Å². The molecule has 0 N–H and O–H groups in total. The largest absolute Gasteiger partial charge is 0.444 e. The molecule has 1 rings (SSSR count). The standard InChI is InChI=1S/C27H47NO3/c1-21(2)14-11-15-22(3)16-12-17-23(4)18-13-19-27(10)20-30-26(8,9)28(27)24(29)31-25(5,6)7/h14,16,18H,11-13,15,17,19-20H2,1-10H3/b22-16+,23-18+/t27-/m0/s1. The molecule has 1 aliphatic rings. The lowest BCUT2D eigenvalue weighted by molar-refractivity contribution is -0.0683. The molecular formula is C27H47NO3. The van der Waals surface area contributed by atoms with E-state index in [1.165, 1.54) is 16.7 Å². The average molecular weight is 434 g/mol. The third-order valence-electron chi connectivity index (χ3n) is 5.69. The van der Waals surface area contributed by atoms with Crippen LogP contribution in [0.3, 0.4) is 0 Å². The van der Waals surface area contributed by atoms with E-state index in [1.807, 2.05) is 34.6 Å². The van der Waals surface area contributed by atoms with Crippen LogP contribution in [0.2, 0.25) is 0 Å². The van der Waals surface area contributed by atoms with Crippen LogP contribution < -0.4 is 0 Å². The van der Waals surface area contributed by atoms with Crippen LogP contribution >= 0.6 is 0 Å². The van der Waals surface area contributed by atoms with E-state index in [2.05, 4.69) is 52.8 Å². The molecule has 31 heavy (non-hydrogen) atoms. The van der Waals surface area contributed by atoms with Crippen molar-refractivity contribution < 1.29 is 14.3 Å². The fraction of sp³-hybridized carbons (Fsp3) is 0.741. The lowest BCUT2D eigenvalue weighted by atomic mass is 9.93. The normalized spacial score (nSPS) is 21.9. The second kappa shape index (κ2) is 11.4. The predicted octanol–water partition coefficient (Wildman–Crippen LogP) is 7.95. The summed E-state index contributed by atoms with van der Waals surface area (Å²) in [4.78, 5) is 14.7. The molecule has 0 radical (unpaired) electrons. The topological polar surface area (TPSA) is 38.8 Å². The smallest absolute Gasteiger partial charge is 0.413 e. The molecule has 0 saturated carbocycles. The summed E-state index contributed by atoms with van der Waals surface area (Å²) >= 11 is 0. The Kier molecular flexibility index (Phi) is 10.1. The summed E-state index contributed by atoms with van der Waals surface area (Å²) < 4.78 is 11.7. The Morgan fingerprint density at radius 3 is 1.97 bits per heavy atom. The maximum Gasteiger partial charge on any atom is 0.413 e. The van der Waals surface area contributed by atoms with E-state index in [4.69, 9.17) is 9.47 Å². The summed E-state index contributed by atoms with van der Waals surface area (Å²) in [6.07, 6.45) is 12.9. The van der Waals surface area contributed by atoms with Crippen molar-refractivity contribution in [2.75, 3.05) is 6.61 Å². The highest BCUT2D eigenvalue weighted by Crippen LogP contribution is 2.39. The van der Waals surface area contributed by atoms with Gasteiger partial charge in [-0.25, -0.2) is 4.79 Å². The van der Waals surface area contributed by atoms with Crippen molar-refractivity contribution in [2.45, 2.75) is 125 Å². The Balaban J connectivity index is 2.62. The van der Waals surface area contributed by atoms with Crippen molar-refractivity contribution in [2.24, 2.45) is 0 Å². The molecule has 0 aliphatic carbocycles. The Bertz CT molecular complexity index is 690. The van der Waals surface area contributed by atoms with Crippen LogP contribution in [0.4, 0.5) is 4.79 Å². The van der Waals surface area contributed by atoms with Crippen LogP contribution in [0.5, 0.6) is 0 Å². The average Bonchev–Trinajstić information content (AvgIpc) is 2.82. The predicted molar refractivity (Wildman–Crippen MR) is 131 cm³/mol. The Labute approximate surface area is 191 Å². The lowest BCUT2D eigenvalue weighted by Crippen LogP contribution is -2.55. The van der Waals surface area contributed by atoms with Gasteiger partial charge < -0.3 is 9.47 Å². The van der Waals surface area contributed by atoms with E-state index in [-0.39, 0.29) is 11.6 Å². The van der Waals surface area contributed by atoms with Crippen molar-refractivity contribution in [1.82, 2.24) is 4.90 Å². The number of hydrogen-bond acceptors (Lipinski definition) is 3. The number of carbonyl (C=O) groups excluding carboxylic acids is 1. The van der Waals surface area contributed by atoms with Gasteiger partial charge in [0.15, 0.2) is 0 Å². The molecule has 1 saturated heterocycles. The first-order valence-corrected chi connectivity index (χ1v) is 11.8. The van der Waals surface area contributed by atoms with Crippen LogP contribution in [0, 0.1) is 0 Å². The van der Waals surface area contributed by atoms with Gasteiger partial charge >= 0.3 is 6.09 Å². The van der Waals surface area contributed by atoms with Gasteiger partial charge in [-0.3, -0.25) is 4.90 Å². The van der Waals surface area contributed by atoms with Gasteiger partial charge in [0.2, 0.25) is 0 Å². The maximum atomic E-state index is 12.9. The molecular weight excluding hydrogens is 386 g/mol. The van der Waals surface area contributed by atoms with Crippen LogP contribution in [0.25, 0.3) is 0 Å². The Morgan fingerprint density at radius 1 is 0.935 bits per heavy atom. The Hall–Kier alpha value is -1.55. The number of carbonyl (C=O) groups is 1. The highest BCUT2D eigenvalue weighted by molar-refractivity contribution is 5.70.